The Morgan fingerprint density at radius 2 is 1.61 bits per heavy atom. The quantitative estimate of drug-likeness (QED) is 0.326. The van der Waals surface area contributed by atoms with Crippen LogP contribution in [0.1, 0.15) is 31.0 Å². The number of hydrogen-bond donors (Lipinski definition) is 1. The maximum Gasteiger partial charge on any atom is 0.300 e. The number of methoxy groups -OCH3 is 1. The molecule has 0 spiro atoms. The molecule has 3 aromatic carbocycles. The normalized spacial score (nSPS) is 17.5. The number of amides is 1. The minimum absolute atomic E-state index is 0.0238. The Balaban J connectivity index is 1.93. The van der Waals surface area contributed by atoms with E-state index in [0.717, 1.165) is 0 Å². The molecule has 6 heteroatoms. The number of ketones is 1. The lowest BCUT2D eigenvalue weighted by atomic mass is 9.95. The number of anilines is 1. The maximum atomic E-state index is 13.3. The Morgan fingerprint density at radius 3 is 2.30 bits per heavy atom. The summed E-state index contributed by atoms with van der Waals surface area (Å²) in [6.45, 7) is 3.84. The van der Waals surface area contributed by atoms with Crippen LogP contribution < -0.4 is 14.4 Å². The molecular formula is C27H25NO5. The summed E-state index contributed by atoms with van der Waals surface area (Å²) in [6.07, 6.45) is -0.0469. The Bertz CT molecular complexity index is 1220. The zero-order chi connectivity index (χ0) is 23.5. The highest BCUT2D eigenvalue weighted by Gasteiger charge is 2.47. The molecule has 1 aliphatic rings. The van der Waals surface area contributed by atoms with Crippen LogP contribution in [-0.2, 0) is 9.59 Å². The molecule has 0 aromatic heterocycles. The fourth-order valence-corrected chi connectivity index (χ4v) is 3.96. The average molecular weight is 443 g/mol. The molecule has 1 amide bonds. The van der Waals surface area contributed by atoms with Crippen molar-refractivity contribution in [2.24, 2.45) is 0 Å². The first-order chi connectivity index (χ1) is 15.9. The van der Waals surface area contributed by atoms with E-state index in [-0.39, 0.29) is 17.4 Å². The van der Waals surface area contributed by atoms with Gasteiger partial charge in [-0.2, -0.15) is 0 Å². The van der Waals surface area contributed by atoms with Crippen molar-refractivity contribution in [3.63, 3.8) is 0 Å². The highest BCUT2D eigenvalue weighted by atomic mass is 16.5. The third kappa shape index (κ3) is 4.32. The molecule has 1 atom stereocenters. The van der Waals surface area contributed by atoms with Crippen LogP contribution in [0, 0.1) is 0 Å². The topological polar surface area (TPSA) is 76.1 Å². The monoisotopic (exact) mass is 443 g/mol. The first-order valence-corrected chi connectivity index (χ1v) is 10.7. The number of ether oxygens (including phenoxy) is 2. The van der Waals surface area contributed by atoms with Crippen molar-refractivity contribution < 1.29 is 24.2 Å². The van der Waals surface area contributed by atoms with E-state index in [1.54, 1.807) is 60.7 Å². The van der Waals surface area contributed by atoms with Crippen molar-refractivity contribution in [2.75, 3.05) is 12.0 Å². The zero-order valence-corrected chi connectivity index (χ0v) is 18.7. The van der Waals surface area contributed by atoms with E-state index in [1.165, 1.54) is 12.0 Å². The van der Waals surface area contributed by atoms with Crippen molar-refractivity contribution in [1.29, 1.82) is 0 Å². The first-order valence-electron chi connectivity index (χ1n) is 10.7. The van der Waals surface area contributed by atoms with E-state index in [0.29, 0.717) is 28.3 Å². The SMILES string of the molecule is COc1cccc(N2C(=O)C(=O)/C(=C(/O)c3ccccc3)C2c2cccc(OC(C)C)c2)c1. The van der Waals surface area contributed by atoms with Gasteiger partial charge >= 0.3 is 0 Å². The predicted octanol–water partition coefficient (Wildman–Crippen LogP) is 5.11. The highest BCUT2D eigenvalue weighted by Crippen LogP contribution is 2.43. The molecule has 1 N–H and O–H groups in total. The summed E-state index contributed by atoms with van der Waals surface area (Å²) >= 11 is 0. The van der Waals surface area contributed by atoms with E-state index in [4.69, 9.17) is 9.47 Å². The number of Topliss-reactive ketones (excluding diaryl/α,β-unsaturated/α-hetero) is 1. The number of benzene rings is 3. The number of carbonyl (C=O) groups excluding carboxylic acids is 2. The van der Waals surface area contributed by atoms with Crippen LogP contribution >= 0.6 is 0 Å². The van der Waals surface area contributed by atoms with Crippen LogP contribution in [0.15, 0.2) is 84.4 Å². The van der Waals surface area contributed by atoms with Gasteiger partial charge in [-0.15, -0.1) is 0 Å². The van der Waals surface area contributed by atoms with Gasteiger partial charge in [0.2, 0.25) is 0 Å². The summed E-state index contributed by atoms with van der Waals surface area (Å²) < 4.78 is 11.2. The summed E-state index contributed by atoms with van der Waals surface area (Å²) in [5.74, 6) is -0.536. The Labute approximate surface area is 192 Å². The van der Waals surface area contributed by atoms with Crippen molar-refractivity contribution in [2.45, 2.75) is 26.0 Å². The lowest BCUT2D eigenvalue weighted by Gasteiger charge is -2.26. The van der Waals surface area contributed by atoms with Gasteiger partial charge in [-0.3, -0.25) is 14.5 Å². The number of hydrogen-bond acceptors (Lipinski definition) is 5. The van der Waals surface area contributed by atoms with Crippen LogP contribution in [0.3, 0.4) is 0 Å². The Kier molecular flexibility index (Phi) is 6.18. The molecule has 6 nitrogen and oxygen atoms in total. The molecule has 0 radical (unpaired) electrons. The van der Waals surface area contributed by atoms with Crippen molar-refractivity contribution in [3.8, 4) is 11.5 Å². The number of nitrogens with zero attached hydrogens (tertiary/aromatic N) is 1. The third-order valence-electron chi connectivity index (χ3n) is 5.37. The largest absolute Gasteiger partial charge is 0.507 e. The van der Waals surface area contributed by atoms with Gasteiger partial charge in [-0.05, 0) is 43.7 Å². The van der Waals surface area contributed by atoms with Crippen molar-refractivity contribution in [3.05, 3.63) is 95.6 Å². The molecule has 0 aliphatic carbocycles. The second kappa shape index (κ2) is 9.20. The van der Waals surface area contributed by atoms with Gasteiger partial charge in [0.25, 0.3) is 11.7 Å². The fraction of sp³-hybridized carbons (Fsp3) is 0.185. The van der Waals surface area contributed by atoms with Crippen molar-refractivity contribution >= 4 is 23.1 Å². The van der Waals surface area contributed by atoms with E-state index in [2.05, 4.69) is 0 Å². The molecule has 1 saturated heterocycles. The Hall–Kier alpha value is -4.06. The van der Waals surface area contributed by atoms with Crippen LogP contribution in [0.5, 0.6) is 11.5 Å². The van der Waals surface area contributed by atoms with Gasteiger partial charge in [-0.1, -0.05) is 48.5 Å². The zero-order valence-electron chi connectivity index (χ0n) is 18.7. The molecule has 168 valence electrons. The van der Waals surface area contributed by atoms with Crippen molar-refractivity contribution in [1.82, 2.24) is 0 Å². The highest BCUT2D eigenvalue weighted by molar-refractivity contribution is 6.51. The third-order valence-corrected chi connectivity index (χ3v) is 5.37. The van der Waals surface area contributed by atoms with Gasteiger partial charge in [0.1, 0.15) is 17.3 Å². The van der Waals surface area contributed by atoms with E-state index in [1.807, 2.05) is 32.0 Å². The maximum absolute atomic E-state index is 13.3. The molecule has 33 heavy (non-hydrogen) atoms. The van der Waals surface area contributed by atoms with Crippen LogP contribution in [0.2, 0.25) is 0 Å². The first kappa shape index (κ1) is 22.1. The number of carbonyl (C=O) groups is 2. The summed E-state index contributed by atoms with van der Waals surface area (Å²) in [6, 6.07) is 22.1. The lowest BCUT2D eigenvalue weighted by molar-refractivity contribution is -0.132. The summed E-state index contributed by atoms with van der Waals surface area (Å²) in [4.78, 5) is 27.9. The van der Waals surface area contributed by atoms with Crippen LogP contribution in [-0.4, -0.2) is 30.0 Å². The molecule has 0 saturated carbocycles. The number of rotatable bonds is 6. The van der Waals surface area contributed by atoms with Gasteiger partial charge in [0.15, 0.2) is 0 Å². The second-order valence-corrected chi connectivity index (χ2v) is 7.98. The van der Waals surface area contributed by atoms with E-state index < -0.39 is 17.7 Å². The molecule has 1 unspecified atom stereocenters. The minimum Gasteiger partial charge on any atom is -0.507 e. The summed E-state index contributed by atoms with van der Waals surface area (Å²) in [7, 11) is 1.53. The smallest absolute Gasteiger partial charge is 0.300 e. The molecule has 1 fully saturated rings. The van der Waals surface area contributed by atoms with Gasteiger partial charge in [0, 0.05) is 17.3 Å². The van der Waals surface area contributed by atoms with E-state index >= 15 is 0 Å². The molecular weight excluding hydrogens is 418 g/mol. The fourth-order valence-electron chi connectivity index (χ4n) is 3.96. The summed E-state index contributed by atoms with van der Waals surface area (Å²) in [5.41, 5.74) is 1.62. The standard InChI is InChI=1S/C27H25NO5/c1-17(2)33-22-14-7-11-19(15-22)24-23(25(29)18-9-5-4-6-10-18)26(30)27(31)28(24)20-12-8-13-21(16-20)32-3/h4-17,24,29H,1-3H3/b25-23+. The molecule has 4 rings (SSSR count). The minimum atomic E-state index is -0.840. The van der Waals surface area contributed by atoms with Gasteiger partial charge in [-0.25, -0.2) is 0 Å². The Morgan fingerprint density at radius 1 is 0.909 bits per heavy atom. The number of aliphatic hydroxyl groups excluding tert-OH is 1. The molecule has 3 aromatic rings. The van der Waals surface area contributed by atoms with E-state index in [9.17, 15) is 14.7 Å². The second-order valence-electron chi connectivity index (χ2n) is 7.98. The van der Waals surface area contributed by atoms with Crippen LogP contribution in [0.25, 0.3) is 5.76 Å². The number of aliphatic hydroxyl groups is 1. The molecule has 0 bridgehead atoms. The molecule has 1 heterocycles. The predicted molar refractivity (Wildman–Crippen MR) is 126 cm³/mol. The van der Waals surface area contributed by atoms with Gasteiger partial charge < -0.3 is 14.6 Å². The molecule has 1 aliphatic heterocycles. The van der Waals surface area contributed by atoms with Crippen LogP contribution in [0.4, 0.5) is 5.69 Å². The lowest BCUT2D eigenvalue weighted by Crippen LogP contribution is -2.29. The van der Waals surface area contributed by atoms with Gasteiger partial charge in [0.05, 0.1) is 24.8 Å². The average Bonchev–Trinajstić information content (AvgIpc) is 3.09. The summed E-state index contributed by atoms with van der Waals surface area (Å²) in [5, 5.41) is 11.1.